The lowest BCUT2D eigenvalue weighted by Gasteiger charge is -2.08. The van der Waals surface area contributed by atoms with E-state index in [1.165, 1.54) is 12.1 Å². The number of ether oxygens (including phenoxy) is 1. The van der Waals surface area contributed by atoms with Gasteiger partial charge in [0, 0.05) is 31.4 Å². The highest BCUT2D eigenvalue weighted by molar-refractivity contribution is 5.77. The summed E-state index contributed by atoms with van der Waals surface area (Å²) in [5.41, 5.74) is 2.47. The van der Waals surface area contributed by atoms with Crippen LogP contribution in [0.5, 0.6) is 5.75 Å². The van der Waals surface area contributed by atoms with Crippen molar-refractivity contribution in [2.75, 3.05) is 26.2 Å². The van der Waals surface area contributed by atoms with Crippen molar-refractivity contribution in [2.24, 2.45) is 0 Å². The van der Waals surface area contributed by atoms with Crippen LogP contribution >= 0.6 is 0 Å². The van der Waals surface area contributed by atoms with Gasteiger partial charge >= 0.3 is 0 Å². The fourth-order valence-electron chi connectivity index (χ4n) is 3.30. The molecular formula is C19H21FN6O2. The number of aromatic nitrogens is 4. The fourth-order valence-corrected chi connectivity index (χ4v) is 3.30. The Bertz CT molecular complexity index is 970. The van der Waals surface area contributed by atoms with Crippen molar-refractivity contribution < 1.29 is 13.9 Å². The van der Waals surface area contributed by atoms with Crippen LogP contribution < -0.4 is 15.4 Å². The van der Waals surface area contributed by atoms with Crippen LogP contribution in [0, 0.1) is 5.82 Å². The zero-order valence-electron chi connectivity index (χ0n) is 15.3. The molecule has 8 nitrogen and oxygen atoms in total. The van der Waals surface area contributed by atoms with Crippen LogP contribution in [0.2, 0.25) is 0 Å². The van der Waals surface area contributed by atoms with E-state index in [9.17, 15) is 9.18 Å². The first-order valence-electron chi connectivity index (χ1n) is 9.24. The van der Waals surface area contributed by atoms with Crippen molar-refractivity contribution in [3.05, 3.63) is 48.2 Å². The average molecular weight is 384 g/mol. The Labute approximate surface area is 161 Å². The van der Waals surface area contributed by atoms with Gasteiger partial charge in [0.2, 0.25) is 0 Å². The zero-order valence-corrected chi connectivity index (χ0v) is 15.3. The lowest BCUT2D eigenvalue weighted by Crippen LogP contribution is -2.32. The van der Waals surface area contributed by atoms with Crippen molar-refractivity contribution in [3.63, 3.8) is 0 Å². The minimum atomic E-state index is -0.495. The maximum atomic E-state index is 13.5. The number of nitrogens with zero attached hydrogens (tertiary/aromatic N) is 4. The Kier molecular flexibility index (Phi) is 5.43. The number of rotatable bonds is 7. The highest BCUT2D eigenvalue weighted by atomic mass is 19.1. The number of hydrogen-bond donors (Lipinski definition) is 2. The molecule has 1 aromatic carbocycles. The van der Waals surface area contributed by atoms with Gasteiger partial charge in [-0.15, -0.1) is 0 Å². The molecule has 1 aliphatic heterocycles. The third-order valence-corrected chi connectivity index (χ3v) is 4.68. The number of para-hydroxylation sites is 1. The molecule has 2 N–H and O–H groups in total. The summed E-state index contributed by atoms with van der Waals surface area (Å²) in [6, 6.07) is 5.98. The van der Waals surface area contributed by atoms with Gasteiger partial charge in [-0.25, -0.2) is 19.0 Å². The minimum absolute atomic E-state index is 0.0563. The molecule has 1 aliphatic rings. The predicted octanol–water partition coefficient (Wildman–Crippen LogP) is 1.24. The molecule has 3 heterocycles. The Balaban J connectivity index is 1.35. The SMILES string of the molecule is O=C(COc1ccccc1F)NCCn1nc(C2CCNC2)c2nccnc21. The molecule has 0 spiro atoms. The molecule has 0 radical (unpaired) electrons. The van der Waals surface area contributed by atoms with Crippen molar-refractivity contribution in [1.29, 1.82) is 0 Å². The molecule has 4 rings (SSSR count). The van der Waals surface area contributed by atoms with Gasteiger partial charge in [0.05, 0.1) is 12.2 Å². The third kappa shape index (κ3) is 3.94. The number of fused-ring (bicyclic) bond motifs is 1. The second kappa shape index (κ2) is 8.30. The monoisotopic (exact) mass is 384 g/mol. The van der Waals surface area contributed by atoms with Gasteiger partial charge < -0.3 is 15.4 Å². The van der Waals surface area contributed by atoms with Crippen LogP contribution in [-0.2, 0) is 11.3 Å². The van der Waals surface area contributed by atoms with Crippen molar-refractivity contribution in [3.8, 4) is 5.75 Å². The van der Waals surface area contributed by atoms with Crippen molar-refractivity contribution >= 4 is 17.1 Å². The summed E-state index contributed by atoms with van der Waals surface area (Å²) in [5.74, 6) is -0.443. The van der Waals surface area contributed by atoms with Gasteiger partial charge in [0.1, 0.15) is 5.52 Å². The van der Waals surface area contributed by atoms with E-state index in [4.69, 9.17) is 9.84 Å². The summed E-state index contributed by atoms with van der Waals surface area (Å²) < 4.78 is 20.5. The highest BCUT2D eigenvalue weighted by Crippen LogP contribution is 2.26. The molecule has 2 aromatic heterocycles. The summed E-state index contributed by atoms with van der Waals surface area (Å²) in [6.45, 7) is 2.42. The summed E-state index contributed by atoms with van der Waals surface area (Å²) in [7, 11) is 0. The number of nitrogens with one attached hydrogen (secondary N) is 2. The summed E-state index contributed by atoms with van der Waals surface area (Å²) in [4.78, 5) is 20.8. The predicted molar refractivity (Wildman–Crippen MR) is 100 cm³/mol. The average Bonchev–Trinajstić information content (AvgIpc) is 3.36. The van der Waals surface area contributed by atoms with E-state index in [2.05, 4.69) is 20.6 Å². The lowest BCUT2D eigenvalue weighted by molar-refractivity contribution is -0.123. The Morgan fingerprint density at radius 3 is 3.00 bits per heavy atom. The second-order valence-electron chi connectivity index (χ2n) is 6.60. The van der Waals surface area contributed by atoms with E-state index in [0.29, 0.717) is 24.7 Å². The first kappa shape index (κ1) is 18.3. The number of amides is 1. The smallest absolute Gasteiger partial charge is 0.258 e. The standard InChI is InChI=1S/C19H21FN6O2/c20-14-3-1-2-4-15(14)28-12-16(27)22-9-10-26-19-18(23-7-8-24-19)17(25-26)13-5-6-21-11-13/h1-4,7-8,13,21H,5-6,9-12H2,(H,22,27). The number of carbonyl (C=O) groups is 1. The van der Waals surface area contributed by atoms with E-state index < -0.39 is 5.82 Å². The molecule has 0 aliphatic carbocycles. The van der Waals surface area contributed by atoms with E-state index in [0.717, 1.165) is 30.7 Å². The molecule has 1 atom stereocenters. The van der Waals surface area contributed by atoms with Gasteiger partial charge in [-0.3, -0.25) is 4.79 Å². The van der Waals surface area contributed by atoms with E-state index in [1.54, 1.807) is 29.2 Å². The molecular weight excluding hydrogens is 363 g/mol. The maximum absolute atomic E-state index is 13.5. The zero-order chi connectivity index (χ0) is 19.3. The molecule has 3 aromatic rings. The molecule has 0 saturated carbocycles. The van der Waals surface area contributed by atoms with E-state index >= 15 is 0 Å². The molecule has 9 heteroatoms. The van der Waals surface area contributed by atoms with Crippen LogP contribution in [0.25, 0.3) is 11.2 Å². The topological polar surface area (TPSA) is 94.0 Å². The van der Waals surface area contributed by atoms with Gasteiger partial charge in [0.25, 0.3) is 5.91 Å². The minimum Gasteiger partial charge on any atom is -0.481 e. The largest absolute Gasteiger partial charge is 0.481 e. The Morgan fingerprint density at radius 2 is 2.18 bits per heavy atom. The number of hydrogen-bond acceptors (Lipinski definition) is 6. The number of carbonyl (C=O) groups excluding carboxylic acids is 1. The third-order valence-electron chi connectivity index (χ3n) is 4.68. The Hall–Kier alpha value is -3.07. The molecule has 146 valence electrons. The van der Waals surface area contributed by atoms with Gasteiger partial charge in [-0.2, -0.15) is 5.10 Å². The van der Waals surface area contributed by atoms with Crippen molar-refractivity contribution in [1.82, 2.24) is 30.4 Å². The number of benzene rings is 1. The van der Waals surface area contributed by atoms with E-state index in [1.807, 2.05) is 0 Å². The molecule has 28 heavy (non-hydrogen) atoms. The summed E-state index contributed by atoms with van der Waals surface area (Å²) in [6.07, 6.45) is 4.33. The molecule has 0 bridgehead atoms. The van der Waals surface area contributed by atoms with Gasteiger partial charge in [0.15, 0.2) is 23.8 Å². The fraction of sp³-hybridized carbons (Fsp3) is 0.368. The van der Waals surface area contributed by atoms with Crippen molar-refractivity contribution in [2.45, 2.75) is 18.9 Å². The lowest BCUT2D eigenvalue weighted by atomic mass is 10.0. The maximum Gasteiger partial charge on any atom is 0.258 e. The first-order valence-corrected chi connectivity index (χ1v) is 9.24. The Morgan fingerprint density at radius 1 is 1.32 bits per heavy atom. The van der Waals surface area contributed by atoms with Crippen LogP contribution in [-0.4, -0.2) is 51.9 Å². The quantitative estimate of drug-likeness (QED) is 0.637. The summed E-state index contributed by atoms with van der Waals surface area (Å²) >= 11 is 0. The van der Waals surface area contributed by atoms with Gasteiger partial charge in [-0.1, -0.05) is 12.1 Å². The molecule has 1 saturated heterocycles. The highest BCUT2D eigenvalue weighted by Gasteiger charge is 2.24. The molecule has 1 fully saturated rings. The second-order valence-corrected chi connectivity index (χ2v) is 6.60. The van der Waals surface area contributed by atoms with Crippen LogP contribution in [0.15, 0.2) is 36.7 Å². The van der Waals surface area contributed by atoms with Gasteiger partial charge in [-0.05, 0) is 25.1 Å². The van der Waals surface area contributed by atoms with Crippen LogP contribution in [0.3, 0.4) is 0 Å². The number of halogens is 1. The first-order chi connectivity index (χ1) is 13.7. The van der Waals surface area contributed by atoms with E-state index in [-0.39, 0.29) is 18.3 Å². The molecule has 1 unspecified atom stereocenters. The van der Waals surface area contributed by atoms with Crippen LogP contribution in [0.1, 0.15) is 18.0 Å². The molecule has 1 amide bonds. The summed E-state index contributed by atoms with van der Waals surface area (Å²) in [5, 5.41) is 10.8. The van der Waals surface area contributed by atoms with Crippen LogP contribution in [0.4, 0.5) is 4.39 Å². The normalized spacial score (nSPS) is 16.4.